The first-order valence-electron chi connectivity index (χ1n) is 4.95. The predicted molar refractivity (Wildman–Crippen MR) is 69.8 cm³/mol. The summed E-state index contributed by atoms with van der Waals surface area (Å²) in [5, 5.41) is 3.47. The first kappa shape index (κ1) is 12.0. The molecule has 1 N–H and O–H groups in total. The van der Waals surface area contributed by atoms with Gasteiger partial charge in [0.2, 0.25) is 0 Å². The Bertz CT molecular complexity index is 563. The molecule has 0 fully saturated rings. The Hall–Kier alpha value is -1.45. The number of aryl methyl sites for hydroxylation is 1. The van der Waals surface area contributed by atoms with E-state index in [9.17, 15) is 4.79 Å². The molecule has 0 bridgehead atoms. The van der Waals surface area contributed by atoms with Crippen molar-refractivity contribution in [1.29, 1.82) is 0 Å². The number of carbonyl (C=O) groups excluding carboxylic acids is 1. The Morgan fingerprint density at radius 1 is 1.29 bits per heavy atom. The topological polar surface area (TPSA) is 34.0 Å². The molecule has 0 atom stereocenters. The van der Waals surface area contributed by atoms with E-state index >= 15 is 0 Å². The molecule has 1 aromatic carbocycles. The number of amides is 1. The van der Waals surface area contributed by atoms with Crippen molar-refractivity contribution < 1.29 is 4.79 Å². The number of nitrogens with one attached hydrogen (secondary N) is 1. The average molecular weight is 269 g/mol. The number of nitrogens with zero attached hydrogens (tertiary/aromatic N) is 1. The molecule has 1 aromatic heterocycles. The van der Waals surface area contributed by atoms with Gasteiger partial charge in [-0.3, -0.25) is 4.79 Å². The van der Waals surface area contributed by atoms with Gasteiger partial charge >= 0.3 is 0 Å². The molecule has 88 valence electrons. The second kappa shape index (κ2) is 4.82. The van der Waals surface area contributed by atoms with Crippen LogP contribution in [0, 0.1) is 0 Å². The summed E-state index contributed by atoms with van der Waals surface area (Å²) in [4.78, 5) is 11.9. The van der Waals surface area contributed by atoms with Crippen LogP contribution in [0.25, 0.3) is 0 Å². The summed E-state index contributed by atoms with van der Waals surface area (Å²) in [6.45, 7) is 0. The van der Waals surface area contributed by atoms with Gasteiger partial charge in [0.15, 0.2) is 0 Å². The summed E-state index contributed by atoms with van der Waals surface area (Å²) in [6.07, 6.45) is 3.53. The van der Waals surface area contributed by atoms with E-state index < -0.39 is 0 Å². The number of carbonyl (C=O) groups is 1. The SMILES string of the molecule is Cn1ccc(C(=O)Nc2cccc(Cl)c2Cl)c1. The van der Waals surface area contributed by atoms with Crippen molar-refractivity contribution >= 4 is 34.8 Å². The molecule has 0 aliphatic heterocycles. The lowest BCUT2D eigenvalue weighted by Crippen LogP contribution is -2.11. The van der Waals surface area contributed by atoms with Gasteiger partial charge in [-0.2, -0.15) is 0 Å². The van der Waals surface area contributed by atoms with Crippen molar-refractivity contribution in [3.8, 4) is 0 Å². The fourth-order valence-electron chi connectivity index (χ4n) is 1.43. The fourth-order valence-corrected chi connectivity index (χ4v) is 1.78. The van der Waals surface area contributed by atoms with E-state index in [-0.39, 0.29) is 5.91 Å². The van der Waals surface area contributed by atoms with Crippen LogP contribution in [0.4, 0.5) is 5.69 Å². The van der Waals surface area contributed by atoms with E-state index in [0.29, 0.717) is 21.3 Å². The summed E-state index contributed by atoms with van der Waals surface area (Å²) in [5.74, 6) is -0.213. The first-order chi connectivity index (χ1) is 8.08. The van der Waals surface area contributed by atoms with Crippen LogP contribution in [0.3, 0.4) is 0 Å². The molecule has 0 radical (unpaired) electrons. The number of hydrogen-bond donors (Lipinski definition) is 1. The molecule has 0 saturated heterocycles. The molecule has 1 heterocycles. The average Bonchev–Trinajstić information content (AvgIpc) is 2.72. The minimum atomic E-state index is -0.213. The number of benzene rings is 1. The lowest BCUT2D eigenvalue weighted by Gasteiger charge is -2.06. The Balaban J connectivity index is 2.21. The lowest BCUT2D eigenvalue weighted by atomic mass is 10.2. The summed E-state index contributed by atoms with van der Waals surface area (Å²) >= 11 is 11.8. The highest BCUT2D eigenvalue weighted by molar-refractivity contribution is 6.44. The highest BCUT2D eigenvalue weighted by atomic mass is 35.5. The summed E-state index contributed by atoms with van der Waals surface area (Å²) < 4.78 is 1.80. The van der Waals surface area contributed by atoms with Crippen LogP contribution >= 0.6 is 23.2 Å². The highest BCUT2D eigenvalue weighted by Gasteiger charge is 2.10. The number of halogens is 2. The van der Waals surface area contributed by atoms with E-state index in [2.05, 4.69) is 5.32 Å². The van der Waals surface area contributed by atoms with E-state index in [0.717, 1.165) is 0 Å². The molecule has 17 heavy (non-hydrogen) atoms. The number of anilines is 1. The molecule has 0 aliphatic carbocycles. The molecule has 0 saturated carbocycles. The van der Waals surface area contributed by atoms with Crippen molar-refractivity contribution in [2.24, 2.45) is 7.05 Å². The normalized spacial score (nSPS) is 10.3. The maximum atomic E-state index is 11.9. The van der Waals surface area contributed by atoms with E-state index in [1.165, 1.54) is 0 Å². The van der Waals surface area contributed by atoms with Crippen LogP contribution < -0.4 is 5.32 Å². The van der Waals surface area contributed by atoms with Crippen molar-refractivity contribution in [3.05, 3.63) is 52.3 Å². The second-order valence-corrected chi connectivity index (χ2v) is 4.41. The van der Waals surface area contributed by atoms with Gasteiger partial charge in [0.25, 0.3) is 5.91 Å². The number of hydrogen-bond acceptors (Lipinski definition) is 1. The van der Waals surface area contributed by atoms with Gasteiger partial charge in [-0.05, 0) is 18.2 Å². The fraction of sp³-hybridized carbons (Fsp3) is 0.0833. The van der Waals surface area contributed by atoms with Gasteiger partial charge in [0, 0.05) is 19.4 Å². The van der Waals surface area contributed by atoms with E-state index in [1.54, 1.807) is 41.2 Å². The van der Waals surface area contributed by atoms with Gasteiger partial charge in [0.1, 0.15) is 0 Å². The van der Waals surface area contributed by atoms with Crippen LogP contribution in [0.15, 0.2) is 36.7 Å². The quantitative estimate of drug-likeness (QED) is 0.888. The third-order valence-electron chi connectivity index (χ3n) is 2.29. The van der Waals surface area contributed by atoms with Crippen molar-refractivity contribution in [1.82, 2.24) is 4.57 Å². The smallest absolute Gasteiger partial charge is 0.257 e. The molecular formula is C12H10Cl2N2O. The molecule has 0 spiro atoms. The third-order valence-corrected chi connectivity index (χ3v) is 3.11. The Morgan fingerprint density at radius 3 is 2.71 bits per heavy atom. The molecule has 0 aliphatic rings. The molecule has 3 nitrogen and oxygen atoms in total. The zero-order valence-corrected chi connectivity index (χ0v) is 10.6. The van der Waals surface area contributed by atoms with Gasteiger partial charge in [-0.25, -0.2) is 0 Å². The molecule has 1 amide bonds. The Labute approximate surface area is 109 Å². The van der Waals surface area contributed by atoms with Crippen molar-refractivity contribution in [2.75, 3.05) is 5.32 Å². The molecule has 5 heteroatoms. The zero-order valence-electron chi connectivity index (χ0n) is 9.08. The minimum Gasteiger partial charge on any atom is -0.356 e. The minimum absolute atomic E-state index is 0.213. The Kier molecular flexibility index (Phi) is 3.41. The van der Waals surface area contributed by atoms with Gasteiger partial charge in [-0.1, -0.05) is 29.3 Å². The largest absolute Gasteiger partial charge is 0.356 e. The van der Waals surface area contributed by atoms with Crippen molar-refractivity contribution in [3.63, 3.8) is 0 Å². The van der Waals surface area contributed by atoms with Crippen LogP contribution in [0.2, 0.25) is 10.0 Å². The van der Waals surface area contributed by atoms with Crippen molar-refractivity contribution in [2.45, 2.75) is 0 Å². The monoisotopic (exact) mass is 268 g/mol. The summed E-state index contributed by atoms with van der Waals surface area (Å²) in [6, 6.07) is 6.83. The molecular weight excluding hydrogens is 259 g/mol. The van der Waals surface area contributed by atoms with E-state index in [4.69, 9.17) is 23.2 Å². The number of rotatable bonds is 2. The van der Waals surface area contributed by atoms with Crippen LogP contribution in [-0.4, -0.2) is 10.5 Å². The maximum Gasteiger partial charge on any atom is 0.257 e. The zero-order chi connectivity index (χ0) is 12.4. The maximum absolute atomic E-state index is 11.9. The summed E-state index contributed by atoms with van der Waals surface area (Å²) in [5.41, 5.74) is 1.08. The third kappa shape index (κ3) is 2.62. The summed E-state index contributed by atoms with van der Waals surface area (Å²) in [7, 11) is 1.85. The second-order valence-electron chi connectivity index (χ2n) is 3.62. The van der Waals surface area contributed by atoms with Gasteiger partial charge < -0.3 is 9.88 Å². The van der Waals surface area contributed by atoms with Crippen LogP contribution in [-0.2, 0) is 7.05 Å². The van der Waals surface area contributed by atoms with Crippen LogP contribution in [0.1, 0.15) is 10.4 Å². The van der Waals surface area contributed by atoms with E-state index in [1.807, 2.05) is 7.05 Å². The lowest BCUT2D eigenvalue weighted by molar-refractivity contribution is 0.102. The molecule has 2 rings (SSSR count). The highest BCUT2D eigenvalue weighted by Crippen LogP contribution is 2.29. The van der Waals surface area contributed by atoms with Gasteiger partial charge in [0.05, 0.1) is 21.3 Å². The standard InChI is InChI=1S/C12H10Cl2N2O/c1-16-6-5-8(7-16)12(17)15-10-4-2-3-9(13)11(10)14/h2-7H,1H3,(H,15,17). The van der Waals surface area contributed by atoms with Crippen LogP contribution in [0.5, 0.6) is 0 Å². The molecule has 0 unspecified atom stereocenters. The van der Waals surface area contributed by atoms with Gasteiger partial charge in [-0.15, -0.1) is 0 Å². The predicted octanol–water partition coefficient (Wildman–Crippen LogP) is 3.58. The number of aromatic nitrogens is 1. The molecule has 2 aromatic rings. The first-order valence-corrected chi connectivity index (χ1v) is 5.71. The Morgan fingerprint density at radius 2 is 2.06 bits per heavy atom.